The van der Waals surface area contributed by atoms with Gasteiger partial charge in [0.05, 0.1) is 54.2 Å². The fourth-order valence-corrected chi connectivity index (χ4v) is 3.15. The van der Waals surface area contributed by atoms with Gasteiger partial charge in [0.15, 0.2) is 23.1 Å². The van der Waals surface area contributed by atoms with Crippen molar-refractivity contribution >= 4 is 52.7 Å². The summed E-state index contributed by atoms with van der Waals surface area (Å²) in [6, 6.07) is 6.21. The molecule has 1 aromatic carbocycles. The molecule has 3 amide bonds. The molecule has 13 nitrogen and oxygen atoms in total. The summed E-state index contributed by atoms with van der Waals surface area (Å²) >= 11 is 0. The van der Waals surface area contributed by atoms with Crippen LogP contribution >= 0.6 is 0 Å². The Bertz CT molecular complexity index is 1270. The highest BCUT2D eigenvalue weighted by Gasteiger charge is 2.23. The Hall–Kier alpha value is -4.07. The van der Waals surface area contributed by atoms with Crippen molar-refractivity contribution < 1.29 is 19.1 Å². The molecule has 37 heavy (non-hydrogen) atoms. The number of hydrogen-bond acceptors (Lipinski definition) is 9. The van der Waals surface area contributed by atoms with E-state index in [-0.39, 0.29) is 17.2 Å². The van der Waals surface area contributed by atoms with Gasteiger partial charge in [0.2, 0.25) is 0 Å². The van der Waals surface area contributed by atoms with Crippen LogP contribution in [0.1, 0.15) is 10.5 Å². The summed E-state index contributed by atoms with van der Waals surface area (Å²) in [6.07, 6.45) is 1.56. The number of ether oxygens (including phenoxy) is 2. The fraction of sp³-hybridized carbons (Fsp3) is 0.333. The predicted molar refractivity (Wildman–Crippen MR) is 139 cm³/mol. The van der Waals surface area contributed by atoms with Gasteiger partial charge in [-0.1, -0.05) is 11.3 Å². The lowest BCUT2D eigenvalue weighted by Crippen LogP contribution is -2.50. The number of urea groups is 1. The number of carbonyl (C=O) groups is 2. The molecular formula is C21H24B3N9O4. The maximum Gasteiger partial charge on any atom is 0.322 e. The average molecular weight is 499 g/mol. The molecule has 0 aliphatic rings. The molecule has 3 aromatic rings. The maximum absolute atomic E-state index is 12.8. The lowest BCUT2D eigenvalue weighted by atomic mass is 9.49. The van der Waals surface area contributed by atoms with Crippen LogP contribution in [0.4, 0.5) is 22.0 Å². The number of anilines is 3. The standard InChI is InChI=1S/C21H24B3N9O4/c1-32(8-9-36-3)20(35)27-15-10-14(16(30-29-15)19(34)28-21(22,23)24)26-13-7-5-6-12(17(13)37-4)18-25-11-33(2)31-18/h5-7,10-11H,8-9H2,1-4H3,(H,28,34)(H2,26,27,29,35). The molecule has 2 aromatic heterocycles. The monoisotopic (exact) mass is 499 g/mol. The molecule has 2 heterocycles. The molecule has 0 aliphatic carbocycles. The van der Waals surface area contributed by atoms with E-state index in [1.165, 1.54) is 25.2 Å². The summed E-state index contributed by atoms with van der Waals surface area (Å²) in [5.74, 6) is 0.0843. The van der Waals surface area contributed by atoms with E-state index >= 15 is 0 Å². The maximum atomic E-state index is 12.8. The van der Waals surface area contributed by atoms with Crippen LogP contribution in [-0.4, -0.2) is 105 Å². The molecule has 0 saturated heterocycles. The summed E-state index contributed by atoms with van der Waals surface area (Å²) < 4.78 is 12.2. The zero-order chi connectivity index (χ0) is 27.2. The third-order valence-electron chi connectivity index (χ3n) is 4.88. The number of likely N-dealkylation sites (N-methyl/N-ethyl adjacent to an activating group) is 1. The van der Waals surface area contributed by atoms with Gasteiger partial charge in [-0.3, -0.25) is 14.8 Å². The number of carbonyl (C=O) groups excluding carboxylic acids is 2. The van der Waals surface area contributed by atoms with Crippen molar-refractivity contribution in [2.24, 2.45) is 7.05 Å². The number of para-hydroxylation sites is 1. The Kier molecular flexibility index (Phi) is 8.76. The first kappa shape index (κ1) is 27.5. The van der Waals surface area contributed by atoms with Gasteiger partial charge in [-0.05, 0) is 12.1 Å². The molecule has 0 bridgehead atoms. The van der Waals surface area contributed by atoms with E-state index in [0.717, 1.165) is 0 Å². The van der Waals surface area contributed by atoms with Crippen molar-refractivity contribution in [3.63, 3.8) is 0 Å². The highest BCUT2D eigenvalue weighted by atomic mass is 16.5. The molecule has 0 aliphatic heterocycles. The minimum Gasteiger partial charge on any atom is -0.494 e. The number of hydrogen-bond donors (Lipinski definition) is 3. The molecule has 6 radical (unpaired) electrons. The third-order valence-corrected chi connectivity index (χ3v) is 4.88. The summed E-state index contributed by atoms with van der Waals surface area (Å²) in [5.41, 5.74) is 0.999. The molecule has 0 spiro atoms. The van der Waals surface area contributed by atoms with Crippen LogP contribution < -0.4 is 20.7 Å². The molecule has 0 fully saturated rings. The lowest BCUT2D eigenvalue weighted by Gasteiger charge is -2.23. The Labute approximate surface area is 217 Å². The highest BCUT2D eigenvalue weighted by Crippen LogP contribution is 2.37. The zero-order valence-corrected chi connectivity index (χ0v) is 20.8. The summed E-state index contributed by atoms with van der Waals surface area (Å²) in [5, 5.41) is 18.1. The number of nitrogens with one attached hydrogen (secondary N) is 3. The number of methoxy groups -OCH3 is 2. The van der Waals surface area contributed by atoms with Crippen LogP contribution in [0.2, 0.25) is 0 Å². The topological polar surface area (TPSA) is 148 Å². The molecule has 186 valence electrons. The van der Waals surface area contributed by atoms with Gasteiger partial charge in [-0.15, -0.1) is 10.2 Å². The van der Waals surface area contributed by atoms with Crippen LogP contribution in [0.15, 0.2) is 30.6 Å². The van der Waals surface area contributed by atoms with E-state index in [4.69, 9.17) is 33.0 Å². The van der Waals surface area contributed by atoms with Crippen molar-refractivity contribution in [3.8, 4) is 17.1 Å². The Morgan fingerprint density at radius 2 is 1.92 bits per heavy atom. The van der Waals surface area contributed by atoms with Gasteiger partial charge in [-0.25, -0.2) is 9.78 Å². The molecule has 3 N–H and O–H groups in total. The first-order chi connectivity index (χ1) is 17.5. The number of aryl methyl sites for hydroxylation is 1. The average Bonchev–Trinajstić information content (AvgIpc) is 3.27. The Morgan fingerprint density at radius 1 is 1.16 bits per heavy atom. The summed E-state index contributed by atoms with van der Waals surface area (Å²) in [7, 11) is 22.9. The van der Waals surface area contributed by atoms with Gasteiger partial charge >= 0.3 is 6.03 Å². The van der Waals surface area contributed by atoms with Crippen molar-refractivity contribution in [1.82, 2.24) is 35.2 Å². The molecule has 0 unspecified atom stereocenters. The van der Waals surface area contributed by atoms with E-state index in [1.807, 2.05) is 0 Å². The number of amides is 3. The first-order valence-corrected chi connectivity index (χ1v) is 10.9. The Balaban J connectivity index is 2.00. The van der Waals surface area contributed by atoms with Crippen molar-refractivity contribution in [1.29, 1.82) is 0 Å². The summed E-state index contributed by atoms with van der Waals surface area (Å²) in [4.78, 5) is 31.0. The van der Waals surface area contributed by atoms with Crippen molar-refractivity contribution in [2.45, 2.75) is 5.24 Å². The van der Waals surface area contributed by atoms with Crippen LogP contribution in [0.5, 0.6) is 5.75 Å². The van der Waals surface area contributed by atoms with Crippen LogP contribution in [0, 0.1) is 0 Å². The normalized spacial score (nSPS) is 11.0. The van der Waals surface area contributed by atoms with E-state index in [1.54, 1.807) is 43.3 Å². The lowest BCUT2D eigenvalue weighted by molar-refractivity contribution is 0.0947. The summed E-state index contributed by atoms with van der Waals surface area (Å²) in [6.45, 7) is 0.695. The minimum atomic E-state index is -2.00. The molecular weight excluding hydrogens is 475 g/mol. The van der Waals surface area contributed by atoms with Gasteiger partial charge in [0.25, 0.3) is 5.91 Å². The SMILES string of the molecule is [B]C([B])([B])NC(=O)c1nnc(NC(=O)N(C)CCOC)cc1Nc1cccc(-c2ncn(C)n2)c1OC. The van der Waals surface area contributed by atoms with Gasteiger partial charge in [0.1, 0.15) is 6.33 Å². The molecule has 3 rings (SSSR count). The van der Waals surface area contributed by atoms with Gasteiger partial charge in [0, 0.05) is 33.8 Å². The van der Waals surface area contributed by atoms with Crippen molar-refractivity contribution in [3.05, 3.63) is 36.3 Å². The fourth-order valence-electron chi connectivity index (χ4n) is 3.15. The van der Waals surface area contributed by atoms with E-state index < -0.39 is 17.2 Å². The van der Waals surface area contributed by atoms with Crippen LogP contribution in [0.25, 0.3) is 11.4 Å². The Morgan fingerprint density at radius 3 is 2.54 bits per heavy atom. The second kappa shape index (κ2) is 11.8. The van der Waals surface area contributed by atoms with Crippen molar-refractivity contribution in [2.75, 3.05) is 45.1 Å². The second-order valence-electron chi connectivity index (χ2n) is 7.98. The van der Waals surface area contributed by atoms with E-state index in [2.05, 4.69) is 36.2 Å². The van der Waals surface area contributed by atoms with E-state index in [0.29, 0.717) is 36.0 Å². The largest absolute Gasteiger partial charge is 0.494 e. The number of rotatable bonds is 10. The molecule has 16 heteroatoms. The number of benzene rings is 1. The van der Waals surface area contributed by atoms with Gasteiger partial charge in [-0.2, -0.15) is 5.10 Å². The second-order valence-corrected chi connectivity index (χ2v) is 7.98. The predicted octanol–water partition coefficient (Wildman–Crippen LogP) is -0.0190. The van der Waals surface area contributed by atoms with Crippen LogP contribution in [0.3, 0.4) is 0 Å². The highest BCUT2D eigenvalue weighted by molar-refractivity contribution is 6.60. The quantitative estimate of drug-likeness (QED) is 0.328. The smallest absolute Gasteiger partial charge is 0.322 e. The molecule has 0 saturated carbocycles. The minimum absolute atomic E-state index is 0.0642. The number of aromatic nitrogens is 5. The third kappa shape index (κ3) is 7.22. The van der Waals surface area contributed by atoms with Gasteiger partial charge < -0.3 is 25.0 Å². The van der Waals surface area contributed by atoms with Crippen LogP contribution in [-0.2, 0) is 11.8 Å². The first-order valence-electron chi connectivity index (χ1n) is 10.9. The molecule has 0 atom stereocenters. The zero-order valence-electron chi connectivity index (χ0n) is 20.8. The number of nitrogens with zero attached hydrogens (tertiary/aromatic N) is 6. The van der Waals surface area contributed by atoms with E-state index in [9.17, 15) is 9.59 Å².